The predicted octanol–water partition coefficient (Wildman–Crippen LogP) is 0.647. The fourth-order valence-electron chi connectivity index (χ4n) is 0.0304. The van der Waals surface area contributed by atoms with Crippen LogP contribution in [0, 0.1) is 0 Å². The van der Waals surface area contributed by atoms with Crippen LogP contribution in [0.2, 0.25) is 0 Å². The van der Waals surface area contributed by atoms with Crippen molar-refractivity contribution in [1.29, 1.82) is 0 Å². The highest BCUT2D eigenvalue weighted by Gasteiger charge is 1.74. The Bertz CT molecular complexity index is 73.6. The van der Waals surface area contributed by atoms with E-state index < -0.39 is 0 Å². The van der Waals surface area contributed by atoms with Gasteiger partial charge >= 0.3 is 0 Å². The monoisotopic (exact) mass is 86.0 g/mol. The molecule has 0 bridgehead atoms. The summed E-state index contributed by atoms with van der Waals surface area (Å²) in [6.45, 7) is 1.52. The van der Waals surface area contributed by atoms with E-state index in [1.807, 2.05) is 0 Å². The number of hydrogen-bond donors (Lipinski definition) is 1. The Labute approximate surface area is 36.1 Å². The number of allylic oxidation sites excluding steroid dienone is 1. The Morgan fingerprint density at radius 3 is 2.33 bits per heavy atom. The summed E-state index contributed by atoms with van der Waals surface area (Å²) < 4.78 is 0. The van der Waals surface area contributed by atoms with Crippen molar-refractivity contribution in [2.45, 2.75) is 6.92 Å². The lowest BCUT2D eigenvalue weighted by Crippen LogP contribution is -1.71. The number of carbonyl (C=O) groups excluding carboxylic acids is 1. The van der Waals surface area contributed by atoms with E-state index in [1.54, 1.807) is 0 Å². The number of carbonyl (C=O) groups is 1. The van der Waals surface area contributed by atoms with Crippen LogP contribution in [-0.4, -0.2) is 11.4 Å². The maximum Gasteiger partial charge on any atom is 0.148 e. The highest BCUT2D eigenvalue weighted by Crippen LogP contribution is 1.77. The molecule has 0 atom stereocenters. The number of hydrogen-bond acceptors (Lipinski definition) is 2. The van der Waals surface area contributed by atoms with Gasteiger partial charge in [0.1, 0.15) is 6.29 Å². The Hall–Kier alpha value is -0.790. The van der Waals surface area contributed by atoms with Crippen LogP contribution in [0.15, 0.2) is 11.8 Å². The summed E-state index contributed by atoms with van der Waals surface area (Å²) in [4.78, 5) is 9.51. The highest BCUT2D eigenvalue weighted by molar-refractivity contribution is 5.71. The SMILES string of the molecule is CC(C=O)=CO. The maximum atomic E-state index is 9.51. The average Bonchev–Trinajstić information content (AvgIpc) is 1.65. The van der Waals surface area contributed by atoms with Crippen LogP contribution in [0.4, 0.5) is 0 Å². The first-order chi connectivity index (χ1) is 2.81. The summed E-state index contributed by atoms with van der Waals surface area (Å²) in [7, 11) is 0. The second-order valence-corrected chi connectivity index (χ2v) is 0.991. The molecule has 0 aliphatic heterocycles. The van der Waals surface area contributed by atoms with E-state index in [2.05, 4.69) is 0 Å². The van der Waals surface area contributed by atoms with Crippen molar-refractivity contribution in [3.8, 4) is 0 Å². The first kappa shape index (κ1) is 5.21. The molecule has 6 heavy (non-hydrogen) atoms. The second-order valence-electron chi connectivity index (χ2n) is 0.991. The zero-order valence-corrected chi connectivity index (χ0v) is 3.51. The molecule has 0 unspecified atom stereocenters. The first-order valence-electron chi connectivity index (χ1n) is 1.57. The predicted molar refractivity (Wildman–Crippen MR) is 22.4 cm³/mol. The minimum Gasteiger partial charge on any atom is -0.515 e. The Morgan fingerprint density at radius 2 is 2.33 bits per heavy atom. The number of aliphatic hydroxyl groups excluding tert-OH is 1. The molecular weight excluding hydrogens is 80.0 g/mol. The molecule has 1 N–H and O–H groups in total. The van der Waals surface area contributed by atoms with Crippen molar-refractivity contribution < 1.29 is 9.90 Å². The molecule has 0 spiro atoms. The lowest BCUT2D eigenvalue weighted by molar-refractivity contribution is -0.104. The van der Waals surface area contributed by atoms with Gasteiger partial charge in [-0.15, -0.1) is 0 Å². The van der Waals surface area contributed by atoms with E-state index in [1.165, 1.54) is 6.92 Å². The van der Waals surface area contributed by atoms with Crippen molar-refractivity contribution in [1.82, 2.24) is 0 Å². The van der Waals surface area contributed by atoms with Crippen LogP contribution in [0.5, 0.6) is 0 Å². The van der Waals surface area contributed by atoms with E-state index in [9.17, 15) is 4.79 Å². The molecule has 0 radical (unpaired) electrons. The number of aldehydes is 1. The Balaban J connectivity index is 3.50. The molecule has 2 nitrogen and oxygen atoms in total. The topological polar surface area (TPSA) is 37.3 Å². The van der Waals surface area contributed by atoms with E-state index in [4.69, 9.17) is 5.11 Å². The van der Waals surface area contributed by atoms with Crippen LogP contribution >= 0.6 is 0 Å². The van der Waals surface area contributed by atoms with Gasteiger partial charge in [-0.3, -0.25) is 4.79 Å². The average molecular weight is 86.1 g/mol. The zero-order valence-electron chi connectivity index (χ0n) is 3.51. The van der Waals surface area contributed by atoms with Gasteiger partial charge in [0.2, 0.25) is 0 Å². The zero-order chi connectivity index (χ0) is 4.99. The third kappa shape index (κ3) is 1.52. The van der Waals surface area contributed by atoms with Gasteiger partial charge in [0.15, 0.2) is 0 Å². The normalized spacial score (nSPS) is 11.2. The lowest BCUT2D eigenvalue weighted by Gasteiger charge is -1.73. The van der Waals surface area contributed by atoms with Gasteiger partial charge in [-0.05, 0) is 6.92 Å². The summed E-state index contributed by atoms with van der Waals surface area (Å²) >= 11 is 0. The second kappa shape index (κ2) is 2.45. The molecule has 34 valence electrons. The lowest BCUT2D eigenvalue weighted by atomic mass is 10.4. The van der Waals surface area contributed by atoms with Gasteiger partial charge in [0, 0.05) is 5.57 Å². The first-order valence-corrected chi connectivity index (χ1v) is 1.57. The minimum atomic E-state index is 0.343. The van der Waals surface area contributed by atoms with Crippen molar-refractivity contribution in [2.24, 2.45) is 0 Å². The third-order valence-corrected chi connectivity index (χ3v) is 0.390. The van der Waals surface area contributed by atoms with Crippen LogP contribution in [0.3, 0.4) is 0 Å². The number of rotatable bonds is 1. The molecule has 0 aliphatic rings. The van der Waals surface area contributed by atoms with Gasteiger partial charge in [0.05, 0.1) is 6.26 Å². The van der Waals surface area contributed by atoms with E-state index in [0.29, 0.717) is 11.9 Å². The van der Waals surface area contributed by atoms with Crippen LogP contribution in [0.1, 0.15) is 6.92 Å². The molecule has 0 aromatic rings. The molecule has 0 rings (SSSR count). The van der Waals surface area contributed by atoms with E-state index >= 15 is 0 Å². The quantitative estimate of drug-likeness (QED) is 0.289. The molecule has 0 aromatic heterocycles. The van der Waals surface area contributed by atoms with E-state index in [-0.39, 0.29) is 0 Å². The van der Waals surface area contributed by atoms with Crippen LogP contribution in [0.25, 0.3) is 0 Å². The van der Waals surface area contributed by atoms with Crippen LogP contribution in [-0.2, 0) is 4.79 Å². The summed E-state index contributed by atoms with van der Waals surface area (Å²) in [6.07, 6.45) is 1.35. The summed E-state index contributed by atoms with van der Waals surface area (Å²) in [5, 5.41) is 7.94. The molecule has 0 saturated carbocycles. The van der Waals surface area contributed by atoms with Crippen molar-refractivity contribution in [3.05, 3.63) is 11.8 Å². The molecule has 2 heteroatoms. The minimum absolute atomic E-state index is 0.343. The Morgan fingerprint density at radius 1 is 1.83 bits per heavy atom. The summed E-state index contributed by atoms with van der Waals surface area (Å²) in [5.74, 6) is 0. The smallest absolute Gasteiger partial charge is 0.148 e. The van der Waals surface area contributed by atoms with Crippen LogP contribution < -0.4 is 0 Å². The van der Waals surface area contributed by atoms with Gasteiger partial charge in [-0.1, -0.05) is 0 Å². The van der Waals surface area contributed by atoms with Gasteiger partial charge < -0.3 is 5.11 Å². The largest absolute Gasteiger partial charge is 0.515 e. The van der Waals surface area contributed by atoms with Crippen molar-refractivity contribution >= 4 is 6.29 Å². The number of aliphatic hydroxyl groups is 1. The molecule has 0 aliphatic carbocycles. The van der Waals surface area contributed by atoms with E-state index in [0.717, 1.165) is 6.26 Å². The summed E-state index contributed by atoms with van der Waals surface area (Å²) in [5.41, 5.74) is 0.343. The summed E-state index contributed by atoms with van der Waals surface area (Å²) in [6, 6.07) is 0. The van der Waals surface area contributed by atoms with Crippen molar-refractivity contribution in [3.63, 3.8) is 0 Å². The standard InChI is InChI=1S/C4H6O2/c1-4(2-5)3-6/h2-3,5H,1H3. The molecule has 0 fully saturated rings. The third-order valence-electron chi connectivity index (χ3n) is 0.390. The fraction of sp³-hybridized carbons (Fsp3) is 0.250. The molecule has 0 amide bonds. The molecular formula is C4H6O2. The maximum absolute atomic E-state index is 9.51. The highest BCUT2D eigenvalue weighted by atomic mass is 16.2. The van der Waals surface area contributed by atoms with Gasteiger partial charge in [0.25, 0.3) is 0 Å². The molecule has 0 aromatic carbocycles. The molecule has 0 heterocycles. The van der Waals surface area contributed by atoms with Gasteiger partial charge in [-0.25, -0.2) is 0 Å². The van der Waals surface area contributed by atoms with Gasteiger partial charge in [-0.2, -0.15) is 0 Å². The van der Waals surface area contributed by atoms with Crippen molar-refractivity contribution in [2.75, 3.05) is 0 Å². The molecule has 0 saturated heterocycles. The fourth-order valence-corrected chi connectivity index (χ4v) is 0.0304. The Kier molecular flexibility index (Phi) is 2.13.